The van der Waals surface area contributed by atoms with Crippen LogP contribution in [0.4, 0.5) is 10.5 Å². The van der Waals surface area contributed by atoms with Gasteiger partial charge in [-0.1, -0.05) is 37.6 Å². The van der Waals surface area contributed by atoms with Gasteiger partial charge >= 0.3 is 6.09 Å². The summed E-state index contributed by atoms with van der Waals surface area (Å²) in [7, 11) is 1.51. The first kappa shape index (κ1) is 29.9. The molecule has 0 radical (unpaired) electrons. The van der Waals surface area contributed by atoms with E-state index in [9.17, 15) is 24.9 Å². The van der Waals surface area contributed by atoms with E-state index in [4.69, 9.17) is 15.2 Å². The van der Waals surface area contributed by atoms with E-state index in [0.29, 0.717) is 30.4 Å². The highest BCUT2D eigenvalue weighted by Crippen LogP contribution is 2.35. The summed E-state index contributed by atoms with van der Waals surface area (Å²) in [5, 5.41) is 34.7. The summed E-state index contributed by atoms with van der Waals surface area (Å²) in [6, 6.07) is 2.67. The number of amides is 2. The molecule has 0 aliphatic carbocycles. The third kappa shape index (κ3) is 8.36. The van der Waals surface area contributed by atoms with Gasteiger partial charge in [-0.05, 0) is 57.6 Å². The van der Waals surface area contributed by atoms with E-state index in [2.05, 4.69) is 5.32 Å². The summed E-state index contributed by atoms with van der Waals surface area (Å²) < 4.78 is 11.0. The topological polar surface area (TPSA) is 151 Å². The van der Waals surface area contributed by atoms with Crippen LogP contribution >= 0.6 is 0 Å². The monoisotopic (exact) mass is 516 g/mol. The minimum atomic E-state index is -0.886. The molecule has 1 heterocycles. The molecule has 2 rings (SSSR count). The van der Waals surface area contributed by atoms with Crippen molar-refractivity contribution in [2.24, 2.45) is 17.6 Å². The SMILES string of the molecule is CO[C@H]1CC(C)=Cc2cc(O)cc(c2O)NC(=O)C(C)=CCC[C@H](C)[C@@H](OC(N)=O)C(C)=C[C@H](C)[C@H]1O. The number of nitrogens with one attached hydrogen (secondary N) is 1. The lowest BCUT2D eigenvalue weighted by molar-refractivity contribution is -0.112. The Labute approximate surface area is 218 Å². The Morgan fingerprint density at radius 3 is 2.46 bits per heavy atom. The predicted octanol–water partition coefficient (Wildman–Crippen LogP) is 4.63. The van der Waals surface area contributed by atoms with Crippen LogP contribution in [-0.2, 0) is 14.3 Å². The highest BCUT2D eigenvalue weighted by molar-refractivity contribution is 6.04. The van der Waals surface area contributed by atoms with Crippen molar-refractivity contribution in [2.75, 3.05) is 12.4 Å². The number of hydrogen-bond donors (Lipinski definition) is 5. The minimum Gasteiger partial charge on any atom is -0.508 e. The van der Waals surface area contributed by atoms with E-state index in [0.717, 1.165) is 11.1 Å². The van der Waals surface area contributed by atoms with Crippen LogP contribution in [0.1, 0.15) is 59.4 Å². The number of hydrogen-bond acceptors (Lipinski definition) is 7. The number of fused-ring (bicyclic) bond motifs is 2. The van der Waals surface area contributed by atoms with E-state index >= 15 is 0 Å². The highest BCUT2D eigenvalue weighted by atomic mass is 16.6. The molecule has 2 bridgehead atoms. The van der Waals surface area contributed by atoms with E-state index in [1.165, 1.54) is 19.2 Å². The fraction of sp³-hybridized carbons (Fsp3) is 0.500. The Kier molecular flexibility index (Phi) is 10.8. The van der Waals surface area contributed by atoms with Gasteiger partial charge < -0.3 is 35.8 Å². The molecule has 1 aliphatic rings. The molecule has 6 N–H and O–H groups in total. The first-order chi connectivity index (χ1) is 17.3. The van der Waals surface area contributed by atoms with Crippen LogP contribution in [0.15, 0.2) is 41.0 Å². The summed E-state index contributed by atoms with van der Waals surface area (Å²) in [4.78, 5) is 24.4. The number of phenolic OH excluding ortho intramolecular Hbond substituents is 2. The number of allylic oxidation sites excluding steroid dienone is 1. The lowest BCUT2D eigenvalue weighted by Gasteiger charge is -2.28. The third-order valence-corrected chi connectivity index (χ3v) is 6.68. The second-order valence-electron chi connectivity index (χ2n) is 9.91. The normalized spacial score (nSPS) is 26.4. The van der Waals surface area contributed by atoms with E-state index in [1.54, 1.807) is 19.1 Å². The second kappa shape index (κ2) is 13.3. The van der Waals surface area contributed by atoms with Gasteiger partial charge in [-0.25, -0.2) is 4.79 Å². The van der Waals surface area contributed by atoms with Crippen molar-refractivity contribution in [3.05, 3.63) is 46.6 Å². The second-order valence-corrected chi connectivity index (χ2v) is 9.91. The van der Waals surface area contributed by atoms with Gasteiger partial charge in [-0.15, -0.1) is 0 Å². The summed E-state index contributed by atoms with van der Waals surface area (Å²) >= 11 is 0. The van der Waals surface area contributed by atoms with Crippen molar-refractivity contribution < 1.29 is 34.4 Å². The average molecular weight is 517 g/mol. The Morgan fingerprint density at radius 2 is 1.84 bits per heavy atom. The fourth-order valence-corrected chi connectivity index (χ4v) is 4.59. The number of benzene rings is 1. The molecule has 9 nitrogen and oxygen atoms in total. The van der Waals surface area contributed by atoms with Crippen LogP contribution in [0.5, 0.6) is 11.5 Å². The number of aliphatic hydroxyl groups is 1. The molecule has 5 atom stereocenters. The molecule has 204 valence electrons. The molecule has 2 amide bonds. The molecule has 1 aliphatic heterocycles. The van der Waals surface area contributed by atoms with Crippen LogP contribution in [0.3, 0.4) is 0 Å². The van der Waals surface area contributed by atoms with E-state index < -0.39 is 30.3 Å². The molecule has 1 aromatic rings. The van der Waals surface area contributed by atoms with Crippen LogP contribution in [-0.4, -0.2) is 52.7 Å². The molecule has 0 aromatic heterocycles. The van der Waals surface area contributed by atoms with E-state index in [-0.39, 0.29) is 29.0 Å². The number of carbonyl (C=O) groups is 2. The van der Waals surface area contributed by atoms with Crippen molar-refractivity contribution in [1.29, 1.82) is 0 Å². The quantitative estimate of drug-likeness (QED) is 0.218. The average Bonchev–Trinajstić information content (AvgIpc) is 2.82. The smallest absolute Gasteiger partial charge is 0.405 e. The van der Waals surface area contributed by atoms with Gasteiger partial charge in [0, 0.05) is 30.2 Å². The lowest BCUT2D eigenvalue weighted by atomic mass is 9.88. The first-order valence-corrected chi connectivity index (χ1v) is 12.4. The summed E-state index contributed by atoms with van der Waals surface area (Å²) in [5.41, 5.74) is 7.70. The number of nitrogens with two attached hydrogens (primary N) is 1. The first-order valence-electron chi connectivity index (χ1n) is 12.4. The van der Waals surface area contributed by atoms with Gasteiger partial charge in [0.25, 0.3) is 5.91 Å². The van der Waals surface area contributed by atoms with Crippen molar-refractivity contribution >= 4 is 23.8 Å². The summed E-state index contributed by atoms with van der Waals surface area (Å²) in [5.74, 6) is -1.18. The highest BCUT2D eigenvalue weighted by Gasteiger charge is 2.27. The molecular weight excluding hydrogens is 476 g/mol. The standard InChI is InChI=1S/C28H40N2O7/c1-15-10-20-13-21(31)14-22(25(20)33)30-27(34)17(3)9-7-8-16(2)26(37-28(29)35)19(5)12-18(4)24(32)23(11-15)36-6/h9-10,12-14,16,18,23-24,26,31-33H,7-8,11H2,1-6H3,(H2,29,35)(H,30,34)/t16-,18-,23-,24+,26+/m0/s1. The Morgan fingerprint density at radius 1 is 1.16 bits per heavy atom. The summed E-state index contributed by atoms with van der Waals surface area (Å²) in [6.45, 7) is 9.09. The number of primary amides is 1. The van der Waals surface area contributed by atoms with Crippen molar-refractivity contribution in [1.82, 2.24) is 0 Å². The number of aliphatic hydroxyl groups excluding tert-OH is 1. The maximum atomic E-state index is 12.8. The minimum absolute atomic E-state index is 0.0785. The van der Waals surface area contributed by atoms with Crippen LogP contribution in [0.2, 0.25) is 0 Å². The lowest BCUT2D eigenvalue weighted by Crippen LogP contribution is -2.34. The maximum Gasteiger partial charge on any atom is 0.405 e. The zero-order valence-corrected chi connectivity index (χ0v) is 22.4. The van der Waals surface area contributed by atoms with Crippen molar-refractivity contribution in [3.8, 4) is 11.5 Å². The third-order valence-electron chi connectivity index (χ3n) is 6.68. The molecule has 0 unspecified atom stereocenters. The molecule has 9 heteroatoms. The number of aromatic hydroxyl groups is 2. The molecule has 37 heavy (non-hydrogen) atoms. The largest absolute Gasteiger partial charge is 0.508 e. The van der Waals surface area contributed by atoms with Gasteiger partial charge in [0.05, 0.1) is 17.9 Å². The Balaban J connectivity index is 2.55. The number of methoxy groups -OCH3 is 1. The number of phenols is 2. The van der Waals surface area contributed by atoms with Gasteiger partial charge in [-0.3, -0.25) is 4.79 Å². The van der Waals surface area contributed by atoms with Gasteiger partial charge in [0.2, 0.25) is 0 Å². The molecule has 0 fully saturated rings. The number of anilines is 1. The molecular formula is C28H40N2O7. The van der Waals surface area contributed by atoms with Gasteiger partial charge in [0.1, 0.15) is 17.6 Å². The van der Waals surface area contributed by atoms with Crippen molar-refractivity contribution in [3.63, 3.8) is 0 Å². The molecule has 0 saturated heterocycles. The maximum absolute atomic E-state index is 12.8. The Bertz CT molecular complexity index is 1080. The van der Waals surface area contributed by atoms with Gasteiger partial charge in [0.15, 0.2) is 0 Å². The molecule has 0 spiro atoms. The molecule has 1 aromatic carbocycles. The molecule has 0 saturated carbocycles. The van der Waals surface area contributed by atoms with Crippen molar-refractivity contribution in [2.45, 2.75) is 72.2 Å². The fourth-order valence-electron chi connectivity index (χ4n) is 4.59. The number of carbonyl (C=O) groups excluding carboxylic acids is 2. The zero-order valence-electron chi connectivity index (χ0n) is 22.4. The number of ether oxygens (including phenoxy) is 2. The van der Waals surface area contributed by atoms with Crippen LogP contribution < -0.4 is 11.1 Å². The van der Waals surface area contributed by atoms with E-state index in [1.807, 2.05) is 33.8 Å². The zero-order chi connectivity index (χ0) is 27.9. The Hall–Kier alpha value is -3.30. The summed E-state index contributed by atoms with van der Waals surface area (Å²) in [6.07, 6.45) is 3.81. The van der Waals surface area contributed by atoms with Gasteiger partial charge in [-0.2, -0.15) is 0 Å². The van der Waals surface area contributed by atoms with Crippen LogP contribution in [0, 0.1) is 11.8 Å². The number of rotatable bonds is 2. The predicted molar refractivity (Wildman–Crippen MR) is 143 cm³/mol. The van der Waals surface area contributed by atoms with Crippen LogP contribution in [0.25, 0.3) is 6.08 Å².